The van der Waals surface area contributed by atoms with E-state index < -0.39 is 29.3 Å². The van der Waals surface area contributed by atoms with Crippen LogP contribution in [-0.4, -0.2) is 54.1 Å². The van der Waals surface area contributed by atoms with Gasteiger partial charge in [-0.25, -0.2) is 4.39 Å². The largest absolute Gasteiger partial charge is 0.507 e. The van der Waals surface area contributed by atoms with E-state index in [0.717, 1.165) is 17.0 Å². The molecule has 8 heteroatoms. The lowest BCUT2D eigenvalue weighted by Gasteiger charge is -2.24. The van der Waals surface area contributed by atoms with Crippen LogP contribution in [0.25, 0.3) is 16.7 Å². The number of fused-ring (bicyclic) bond motifs is 1. The van der Waals surface area contributed by atoms with E-state index in [4.69, 9.17) is 9.47 Å². The first-order valence-corrected chi connectivity index (χ1v) is 9.65. The Morgan fingerprint density at radius 3 is 2.71 bits per heavy atom. The number of hydrogen-bond donors (Lipinski definition) is 2. The van der Waals surface area contributed by atoms with Gasteiger partial charge in [-0.05, 0) is 24.3 Å². The topological polar surface area (TPSA) is 91.9 Å². The first-order valence-electron chi connectivity index (χ1n) is 9.65. The van der Waals surface area contributed by atoms with Crippen LogP contribution in [0, 0.1) is 5.82 Å². The third-order valence-corrected chi connectivity index (χ3v) is 5.41. The summed E-state index contributed by atoms with van der Waals surface area (Å²) in [6.07, 6.45) is 1.71. The predicted molar refractivity (Wildman–Crippen MR) is 112 cm³/mol. The van der Waals surface area contributed by atoms with Crippen LogP contribution in [0.15, 0.2) is 54.2 Å². The Morgan fingerprint density at radius 2 is 1.97 bits per heavy atom. The molecule has 1 atom stereocenters. The highest BCUT2D eigenvalue weighted by Gasteiger charge is 2.47. The number of ether oxygens (including phenoxy) is 2. The van der Waals surface area contributed by atoms with Crippen LogP contribution in [0.3, 0.4) is 0 Å². The Kier molecular flexibility index (Phi) is 5.48. The summed E-state index contributed by atoms with van der Waals surface area (Å²) in [6.45, 7) is 0.345. The van der Waals surface area contributed by atoms with Crippen LogP contribution < -0.4 is 4.74 Å². The SMILES string of the molecule is COCCN1C(=O)C(=O)/C(=C(/O)c2cc(F)ccc2OC)C1c1c[nH]c2ccccc12. The minimum Gasteiger partial charge on any atom is -0.507 e. The van der Waals surface area contributed by atoms with Gasteiger partial charge in [-0.15, -0.1) is 0 Å². The van der Waals surface area contributed by atoms with Gasteiger partial charge in [0.15, 0.2) is 0 Å². The number of aromatic amines is 1. The third-order valence-electron chi connectivity index (χ3n) is 5.41. The number of hydrogen-bond acceptors (Lipinski definition) is 5. The normalized spacial score (nSPS) is 18.2. The maximum absolute atomic E-state index is 14.0. The number of para-hydroxylation sites is 1. The maximum atomic E-state index is 14.0. The number of amides is 1. The van der Waals surface area contributed by atoms with Gasteiger partial charge in [-0.2, -0.15) is 0 Å². The number of H-pyrrole nitrogens is 1. The van der Waals surface area contributed by atoms with Crippen molar-refractivity contribution >= 4 is 28.4 Å². The van der Waals surface area contributed by atoms with E-state index in [1.165, 1.54) is 31.3 Å². The lowest BCUT2D eigenvalue weighted by molar-refractivity contribution is -0.140. The molecule has 0 bridgehead atoms. The Labute approximate surface area is 177 Å². The molecular weight excluding hydrogens is 403 g/mol. The molecule has 1 aliphatic rings. The number of benzene rings is 2. The molecule has 1 aliphatic heterocycles. The number of Topliss-reactive ketones (excluding diaryl/α,β-unsaturated/α-hetero) is 1. The highest BCUT2D eigenvalue weighted by molar-refractivity contribution is 6.46. The van der Waals surface area contributed by atoms with Crippen molar-refractivity contribution in [2.45, 2.75) is 6.04 Å². The molecular formula is C23H21FN2O5. The first kappa shape index (κ1) is 20.6. The van der Waals surface area contributed by atoms with Crippen LogP contribution in [0.4, 0.5) is 4.39 Å². The van der Waals surface area contributed by atoms with Gasteiger partial charge >= 0.3 is 0 Å². The maximum Gasteiger partial charge on any atom is 0.295 e. The molecule has 2 N–H and O–H groups in total. The minimum atomic E-state index is -0.876. The van der Waals surface area contributed by atoms with E-state index in [2.05, 4.69) is 4.98 Å². The van der Waals surface area contributed by atoms with Crippen LogP contribution >= 0.6 is 0 Å². The molecule has 1 amide bonds. The fourth-order valence-electron chi connectivity index (χ4n) is 3.95. The van der Waals surface area contributed by atoms with Crippen molar-refractivity contribution in [3.8, 4) is 5.75 Å². The summed E-state index contributed by atoms with van der Waals surface area (Å²) in [5, 5.41) is 11.9. The van der Waals surface area contributed by atoms with Crippen molar-refractivity contribution in [2.75, 3.05) is 27.4 Å². The second kappa shape index (κ2) is 8.23. The number of nitrogens with zero attached hydrogens (tertiary/aromatic N) is 1. The number of halogens is 1. The van der Waals surface area contributed by atoms with E-state index in [0.29, 0.717) is 5.56 Å². The summed E-state index contributed by atoms with van der Waals surface area (Å²) in [6, 6.07) is 10.2. The number of carbonyl (C=O) groups excluding carboxylic acids is 2. The average molecular weight is 424 g/mol. The molecule has 1 aromatic heterocycles. The van der Waals surface area contributed by atoms with Crippen molar-refractivity contribution in [1.29, 1.82) is 0 Å². The lowest BCUT2D eigenvalue weighted by atomic mass is 9.94. The van der Waals surface area contributed by atoms with Gasteiger partial charge in [0, 0.05) is 36.3 Å². The third kappa shape index (κ3) is 3.44. The molecule has 31 heavy (non-hydrogen) atoms. The molecule has 7 nitrogen and oxygen atoms in total. The molecule has 0 aliphatic carbocycles. The van der Waals surface area contributed by atoms with Crippen molar-refractivity contribution in [2.24, 2.45) is 0 Å². The average Bonchev–Trinajstić information content (AvgIpc) is 3.30. The minimum absolute atomic E-state index is 0.00270. The molecule has 2 heterocycles. The fourth-order valence-corrected chi connectivity index (χ4v) is 3.95. The summed E-state index contributed by atoms with van der Waals surface area (Å²) in [5.41, 5.74) is 1.33. The van der Waals surface area contributed by atoms with Crippen LogP contribution in [0.2, 0.25) is 0 Å². The van der Waals surface area contributed by atoms with E-state index in [1.807, 2.05) is 24.3 Å². The monoisotopic (exact) mass is 424 g/mol. The summed E-state index contributed by atoms with van der Waals surface area (Å²) >= 11 is 0. The number of likely N-dealkylation sites (tertiary alicyclic amines) is 1. The van der Waals surface area contributed by atoms with Crippen molar-refractivity contribution in [3.05, 3.63) is 71.2 Å². The van der Waals surface area contributed by atoms with Crippen LogP contribution in [0.5, 0.6) is 5.75 Å². The van der Waals surface area contributed by atoms with Crippen molar-refractivity contribution in [3.63, 3.8) is 0 Å². The number of aliphatic hydroxyl groups is 1. The number of carbonyl (C=O) groups is 2. The molecule has 4 rings (SSSR count). The summed E-state index contributed by atoms with van der Waals surface area (Å²) < 4.78 is 24.3. The van der Waals surface area contributed by atoms with Gasteiger partial charge in [-0.1, -0.05) is 18.2 Å². The molecule has 3 aromatic rings. The Balaban J connectivity index is 1.96. The molecule has 1 fully saturated rings. The number of nitrogens with one attached hydrogen (secondary N) is 1. The predicted octanol–water partition coefficient (Wildman–Crippen LogP) is 3.38. The number of rotatable bonds is 6. The molecule has 160 valence electrons. The smallest absolute Gasteiger partial charge is 0.295 e. The van der Waals surface area contributed by atoms with E-state index in [1.54, 1.807) is 6.20 Å². The second-order valence-corrected chi connectivity index (χ2v) is 7.12. The van der Waals surface area contributed by atoms with E-state index in [9.17, 15) is 19.1 Å². The van der Waals surface area contributed by atoms with E-state index in [-0.39, 0.29) is 30.0 Å². The molecule has 1 saturated heterocycles. The zero-order valence-corrected chi connectivity index (χ0v) is 17.0. The highest BCUT2D eigenvalue weighted by Crippen LogP contribution is 2.42. The number of methoxy groups -OCH3 is 2. The molecule has 0 radical (unpaired) electrons. The lowest BCUT2D eigenvalue weighted by Crippen LogP contribution is -2.32. The highest BCUT2D eigenvalue weighted by atomic mass is 19.1. The summed E-state index contributed by atoms with van der Waals surface area (Å²) in [4.78, 5) is 30.4. The summed E-state index contributed by atoms with van der Waals surface area (Å²) in [7, 11) is 2.87. The molecule has 0 spiro atoms. The zero-order chi connectivity index (χ0) is 22.1. The number of aromatic nitrogens is 1. The Hall–Kier alpha value is -3.65. The van der Waals surface area contributed by atoms with Gasteiger partial charge in [0.25, 0.3) is 11.7 Å². The van der Waals surface area contributed by atoms with Gasteiger partial charge < -0.3 is 24.5 Å². The van der Waals surface area contributed by atoms with Crippen LogP contribution in [0.1, 0.15) is 17.2 Å². The second-order valence-electron chi connectivity index (χ2n) is 7.12. The fraction of sp³-hybridized carbons (Fsp3) is 0.217. The van der Waals surface area contributed by atoms with Gasteiger partial charge in [-0.3, -0.25) is 9.59 Å². The van der Waals surface area contributed by atoms with Gasteiger partial charge in [0.05, 0.1) is 30.9 Å². The summed E-state index contributed by atoms with van der Waals surface area (Å²) in [5.74, 6) is -2.54. The van der Waals surface area contributed by atoms with E-state index >= 15 is 0 Å². The number of aliphatic hydroxyl groups excluding tert-OH is 1. The molecule has 0 saturated carbocycles. The standard InChI is InChI=1S/C23H21FN2O5/c1-30-10-9-26-20(16-12-25-17-6-4-3-5-14(16)17)19(22(28)23(26)29)21(27)15-11-13(24)7-8-18(15)31-2/h3-8,11-12,20,25,27H,9-10H2,1-2H3/b21-19+. The molecule has 1 unspecified atom stereocenters. The van der Waals surface area contributed by atoms with Crippen LogP contribution in [-0.2, 0) is 14.3 Å². The van der Waals surface area contributed by atoms with Gasteiger partial charge in [0.1, 0.15) is 17.3 Å². The quantitative estimate of drug-likeness (QED) is 0.360. The Bertz CT molecular complexity index is 1200. The van der Waals surface area contributed by atoms with Crippen molar-refractivity contribution < 1.29 is 28.6 Å². The Morgan fingerprint density at radius 1 is 1.19 bits per heavy atom. The molecule has 2 aromatic carbocycles. The zero-order valence-electron chi connectivity index (χ0n) is 17.0. The van der Waals surface area contributed by atoms with Gasteiger partial charge in [0.2, 0.25) is 0 Å². The van der Waals surface area contributed by atoms with Crippen molar-refractivity contribution in [1.82, 2.24) is 9.88 Å². The first-order chi connectivity index (χ1) is 15.0. The number of ketones is 1.